The second-order valence-electron chi connectivity index (χ2n) is 5.68. The van der Waals surface area contributed by atoms with Crippen LogP contribution in [0.2, 0.25) is 0 Å². The maximum atomic E-state index is 12.3. The summed E-state index contributed by atoms with van der Waals surface area (Å²) in [6.07, 6.45) is 2.11. The Balaban J connectivity index is 1.46. The van der Waals surface area contributed by atoms with Crippen LogP contribution in [0.4, 0.5) is 5.69 Å². The quantitative estimate of drug-likeness (QED) is 0.687. The molecule has 1 aromatic heterocycles. The highest BCUT2D eigenvalue weighted by atomic mass is 32.2. The van der Waals surface area contributed by atoms with Crippen LogP contribution in [0, 0.1) is 0 Å². The Bertz CT molecular complexity index is 954. The normalized spacial score (nSPS) is 12.2. The third-order valence-corrected chi connectivity index (χ3v) is 4.73. The number of fused-ring (bicyclic) bond motifs is 1. The van der Waals surface area contributed by atoms with Gasteiger partial charge >= 0.3 is 0 Å². The van der Waals surface area contributed by atoms with Crippen molar-refractivity contribution in [3.63, 3.8) is 0 Å². The van der Waals surface area contributed by atoms with E-state index in [1.807, 2.05) is 48.7 Å². The Kier molecular flexibility index (Phi) is 4.53. The molecule has 0 atom stereocenters. The van der Waals surface area contributed by atoms with Crippen molar-refractivity contribution in [1.29, 1.82) is 0 Å². The van der Waals surface area contributed by atoms with E-state index >= 15 is 0 Å². The zero-order valence-corrected chi connectivity index (χ0v) is 14.8. The third-order valence-electron chi connectivity index (χ3n) is 3.94. The predicted molar refractivity (Wildman–Crippen MR) is 98.6 cm³/mol. The van der Waals surface area contributed by atoms with Gasteiger partial charge in [-0.25, -0.2) is 0 Å². The van der Waals surface area contributed by atoms with Gasteiger partial charge in [-0.15, -0.1) is 11.8 Å². The van der Waals surface area contributed by atoms with Gasteiger partial charge in [0.25, 0.3) is 0 Å². The van der Waals surface area contributed by atoms with E-state index < -0.39 is 0 Å². The first-order valence-corrected chi connectivity index (χ1v) is 9.24. The van der Waals surface area contributed by atoms with Crippen molar-refractivity contribution >= 4 is 23.4 Å². The minimum atomic E-state index is -0.142. The van der Waals surface area contributed by atoms with Crippen LogP contribution in [-0.2, 0) is 11.2 Å². The molecular weight excluding hydrogens is 352 g/mol. The maximum absolute atomic E-state index is 12.3. The van der Waals surface area contributed by atoms with Crippen LogP contribution in [0.5, 0.6) is 11.5 Å². The van der Waals surface area contributed by atoms with Crippen LogP contribution in [0.3, 0.4) is 0 Å². The van der Waals surface area contributed by atoms with Crippen molar-refractivity contribution in [3.05, 3.63) is 54.2 Å². The Morgan fingerprint density at radius 3 is 2.88 bits per heavy atom. The van der Waals surface area contributed by atoms with E-state index in [0.29, 0.717) is 23.0 Å². The van der Waals surface area contributed by atoms with Gasteiger partial charge in [0.1, 0.15) is 0 Å². The molecule has 0 spiro atoms. The van der Waals surface area contributed by atoms with E-state index in [1.165, 1.54) is 0 Å². The minimum absolute atomic E-state index is 0.136. The second-order valence-corrected chi connectivity index (χ2v) is 6.52. The number of benzene rings is 2. The van der Waals surface area contributed by atoms with Crippen molar-refractivity contribution in [3.8, 4) is 22.8 Å². The molecule has 0 fully saturated rings. The van der Waals surface area contributed by atoms with Crippen molar-refractivity contribution in [2.24, 2.45) is 0 Å². The molecule has 2 aromatic carbocycles. The van der Waals surface area contributed by atoms with E-state index in [-0.39, 0.29) is 19.1 Å². The number of nitrogens with zero attached hydrogens (tertiary/aromatic N) is 1. The fourth-order valence-electron chi connectivity index (χ4n) is 2.69. The molecule has 6 nitrogen and oxygen atoms in total. The van der Waals surface area contributed by atoms with E-state index in [9.17, 15) is 4.79 Å². The number of rotatable bonds is 5. The lowest BCUT2D eigenvalue weighted by molar-refractivity contribution is -0.115. The van der Waals surface area contributed by atoms with E-state index in [0.717, 1.165) is 16.1 Å². The minimum Gasteiger partial charge on any atom is -0.454 e. The maximum Gasteiger partial charge on any atom is 0.231 e. The summed E-state index contributed by atoms with van der Waals surface area (Å²) in [5, 5.41) is 6.91. The number of carbonyl (C=O) groups excluding carboxylic acids is 1. The number of ether oxygens (including phenoxy) is 2. The summed E-state index contributed by atoms with van der Waals surface area (Å²) < 4.78 is 16.0. The first-order valence-electron chi connectivity index (χ1n) is 8.01. The molecule has 0 saturated carbocycles. The van der Waals surface area contributed by atoms with Gasteiger partial charge in [0.2, 0.25) is 12.7 Å². The highest BCUT2D eigenvalue weighted by Crippen LogP contribution is 2.36. The summed E-state index contributed by atoms with van der Waals surface area (Å²) in [7, 11) is 0. The number of amides is 1. The first-order chi connectivity index (χ1) is 12.7. The van der Waals surface area contributed by atoms with Gasteiger partial charge in [-0.3, -0.25) is 4.79 Å². The summed E-state index contributed by atoms with van der Waals surface area (Å²) in [5.41, 5.74) is 2.18. The number of para-hydroxylation sites is 1. The fourth-order valence-corrected chi connectivity index (χ4v) is 3.24. The predicted octanol–water partition coefficient (Wildman–Crippen LogP) is 3.97. The molecule has 1 amide bonds. The molecule has 0 saturated heterocycles. The van der Waals surface area contributed by atoms with Crippen LogP contribution in [-0.4, -0.2) is 24.1 Å². The molecular formula is C19H16N2O4S. The van der Waals surface area contributed by atoms with Crippen LogP contribution >= 0.6 is 11.8 Å². The highest BCUT2D eigenvalue weighted by molar-refractivity contribution is 7.98. The Labute approximate surface area is 154 Å². The molecule has 0 unspecified atom stereocenters. The van der Waals surface area contributed by atoms with Crippen molar-refractivity contribution in [2.75, 3.05) is 18.4 Å². The summed E-state index contributed by atoms with van der Waals surface area (Å²) in [4.78, 5) is 13.3. The SMILES string of the molecule is CSc1ccccc1NC(=O)Cc1cc(-c2ccc3c(c2)OCO3)on1. The molecule has 26 heavy (non-hydrogen) atoms. The smallest absolute Gasteiger partial charge is 0.231 e. The fraction of sp³-hybridized carbons (Fsp3) is 0.158. The Morgan fingerprint density at radius 1 is 1.15 bits per heavy atom. The Hall–Kier alpha value is -2.93. The molecule has 2 heterocycles. The number of nitrogens with one attached hydrogen (secondary N) is 1. The largest absolute Gasteiger partial charge is 0.454 e. The van der Waals surface area contributed by atoms with Crippen LogP contribution < -0.4 is 14.8 Å². The third kappa shape index (κ3) is 3.39. The molecule has 0 aliphatic carbocycles. The second kappa shape index (κ2) is 7.13. The number of hydrogen-bond donors (Lipinski definition) is 1. The summed E-state index contributed by atoms with van der Waals surface area (Å²) in [6.45, 7) is 0.220. The molecule has 4 rings (SSSR count). The van der Waals surface area contributed by atoms with Crippen molar-refractivity contribution < 1.29 is 18.8 Å². The summed E-state index contributed by atoms with van der Waals surface area (Å²) >= 11 is 1.58. The number of anilines is 1. The lowest BCUT2D eigenvalue weighted by atomic mass is 10.1. The van der Waals surface area contributed by atoms with Crippen LogP contribution in [0.15, 0.2) is 57.9 Å². The molecule has 7 heteroatoms. The van der Waals surface area contributed by atoms with E-state index in [2.05, 4.69) is 10.5 Å². The average molecular weight is 368 g/mol. The lowest BCUT2D eigenvalue weighted by Gasteiger charge is -2.08. The highest BCUT2D eigenvalue weighted by Gasteiger charge is 2.17. The first kappa shape index (κ1) is 16.5. The zero-order chi connectivity index (χ0) is 17.9. The topological polar surface area (TPSA) is 73.6 Å². The van der Waals surface area contributed by atoms with E-state index in [4.69, 9.17) is 14.0 Å². The van der Waals surface area contributed by atoms with Gasteiger partial charge in [0.15, 0.2) is 17.3 Å². The lowest BCUT2D eigenvalue weighted by Crippen LogP contribution is -2.15. The molecule has 1 N–H and O–H groups in total. The van der Waals surface area contributed by atoms with Gasteiger partial charge in [0.05, 0.1) is 17.8 Å². The average Bonchev–Trinajstić information content (AvgIpc) is 3.30. The molecule has 3 aromatic rings. The van der Waals surface area contributed by atoms with Crippen LogP contribution in [0.1, 0.15) is 5.69 Å². The monoisotopic (exact) mass is 368 g/mol. The van der Waals surface area contributed by atoms with Gasteiger partial charge < -0.3 is 19.3 Å². The molecule has 0 radical (unpaired) electrons. The van der Waals surface area contributed by atoms with Gasteiger partial charge in [-0.05, 0) is 36.6 Å². The molecule has 0 bridgehead atoms. The standard InChI is InChI=1S/C19H16N2O4S/c1-26-18-5-3-2-4-14(18)20-19(22)10-13-9-16(25-21-13)12-6-7-15-17(8-12)24-11-23-15/h2-9H,10-11H2,1H3,(H,20,22). The molecule has 1 aliphatic heterocycles. The molecule has 132 valence electrons. The van der Waals surface area contributed by atoms with Gasteiger partial charge in [-0.2, -0.15) is 0 Å². The number of carbonyl (C=O) groups is 1. The van der Waals surface area contributed by atoms with Crippen molar-refractivity contribution in [2.45, 2.75) is 11.3 Å². The summed E-state index contributed by atoms with van der Waals surface area (Å²) in [5.74, 6) is 1.82. The summed E-state index contributed by atoms with van der Waals surface area (Å²) in [6, 6.07) is 15.0. The van der Waals surface area contributed by atoms with Crippen molar-refractivity contribution in [1.82, 2.24) is 5.16 Å². The number of aromatic nitrogens is 1. The van der Waals surface area contributed by atoms with Crippen LogP contribution in [0.25, 0.3) is 11.3 Å². The Morgan fingerprint density at radius 2 is 2.00 bits per heavy atom. The zero-order valence-electron chi connectivity index (χ0n) is 14.0. The van der Waals surface area contributed by atoms with Gasteiger partial charge in [0, 0.05) is 16.5 Å². The van der Waals surface area contributed by atoms with E-state index in [1.54, 1.807) is 17.8 Å². The van der Waals surface area contributed by atoms with Gasteiger partial charge in [-0.1, -0.05) is 17.3 Å². The number of thioether (sulfide) groups is 1. The number of hydrogen-bond acceptors (Lipinski definition) is 6. The molecule has 1 aliphatic rings.